The van der Waals surface area contributed by atoms with Gasteiger partial charge in [-0.1, -0.05) is 40.9 Å². The summed E-state index contributed by atoms with van der Waals surface area (Å²) in [5, 5.41) is 1.47. The van der Waals surface area contributed by atoms with E-state index in [-0.39, 0.29) is 30.6 Å². The molecule has 3 heterocycles. The number of anilines is 1. The van der Waals surface area contributed by atoms with Crippen molar-refractivity contribution in [1.29, 1.82) is 0 Å². The maximum absolute atomic E-state index is 12.8. The molecular weight excluding hydrogens is 493 g/mol. The van der Waals surface area contributed by atoms with Gasteiger partial charge in [-0.2, -0.15) is 0 Å². The molecule has 0 fully saturated rings. The lowest BCUT2D eigenvalue weighted by atomic mass is 10.1. The van der Waals surface area contributed by atoms with Crippen molar-refractivity contribution in [2.24, 2.45) is 0 Å². The molecule has 10 nitrogen and oxygen atoms in total. The molecule has 0 radical (unpaired) electrons. The van der Waals surface area contributed by atoms with E-state index in [1.807, 2.05) is 41.0 Å². The standard InChI is InChI=1S/C23H21ClN5O5P/c24-17-4-5-19-16(9-17)10-18(34-19)12-28-13-29(21-20(28)22(30)27-23(25)26-21)11-15-3-1-2-14(8-15)6-7-35(31,32)33/h1-5,8-10,13H,6-7,11-12H2,(H4-,25,26,27,30,31,32,33)/p+1. The lowest BCUT2D eigenvalue weighted by Crippen LogP contribution is -2.34. The van der Waals surface area contributed by atoms with Crippen LogP contribution in [0, 0.1) is 0 Å². The van der Waals surface area contributed by atoms with Crippen LogP contribution in [0.15, 0.2) is 64.1 Å². The van der Waals surface area contributed by atoms with E-state index in [1.165, 1.54) is 0 Å². The molecule has 35 heavy (non-hydrogen) atoms. The van der Waals surface area contributed by atoms with Gasteiger partial charge in [0.15, 0.2) is 6.33 Å². The van der Waals surface area contributed by atoms with E-state index < -0.39 is 7.60 Å². The Morgan fingerprint density at radius 2 is 1.97 bits per heavy atom. The van der Waals surface area contributed by atoms with Crippen molar-refractivity contribution in [2.45, 2.75) is 19.5 Å². The number of benzene rings is 2. The summed E-state index contributed by atoms with van der Waals surface area (Å²) in [5.74, 6) is 0.643. The van der Waals surface area contributed by atoms with Gasteiger partial charge in [-0.3, -0.25) is 14.3 Å². The van der Waals surface area contributed by atoms with Crippen molar-refractivity contribution >= 4 is 47.3 Å². The molecule has 5 N–H and O–H groups in total. The number of aromatic nitrogens is 4. The van der Waals surface area contributed by atoms with Gasteiger partial charge in [-0.25, -0.2) is 9.13 Å². The number of nitrogen functional groups attached to an aromatic ring is 1. The largest absolute Gasteiger partial charge is 0.458 e. The van der Waals surface area contributed by atoms with Gasteiger partial charge in [-0.05, 0) is 41.8 Å². The van der Waals surface area contributed by atoms with Crippen LogP contribution in [0.4, 0.5) is 5.95 Å². The van der Waals surface area contributed by atoms with E-state index in [0.29, 0.717) is 34.1 Å². The van der Waals surface area contributed by atoms with Crippen LogP contribution < -0.4 is 15.9 Å². The predicted octanol–water partition coefficient (Wildman–Crippen LogP) is 2.81. The minimum Gasteiger partial charge on any atom is -0.458 e. The third kappa shape index (κ3) is 5.16. The van der Waals surface area contributed by atoms with Gasteiger partial charge >= 0.3 is 13.2 Å². The molecule has 0 atom stereocenters. The van der Waals surface area contributed by atoms with Crippen molar-refractivity contribution in [3.63, 3.8) is 0 Å². The molecule has 0 bridgehead atoms. The van der Waals surface area contributed by atoms with Gasteiger partial charge < -0.3 is 19.9 Å². The predicted molar refractivity (Wildman–Crippen MR) is 131 cm³/mol. The van der Waals surface area contributed by atoms with Crippen molar-refractivity contribution < 1.29 is 23.3 Å². The van der Waals surface area contributed by atoms with Gasteiger partial charge in [0.1, 0.15) is 17.9 Å². The number of nitrogens with one attached hydrogen (secondary N) is 1. The average molecular weight is 515 g/mol. The SMILES string of the molecule is Nc1nc2c(c(=O)[nH]1)n(Cc1cc3cc(Cl)ccc3o1)c[n+]2Cc1cccc(CCP(=O)(O)O)c1. The second kappa shape index (κ2) is 8.98. The van der Waals surface area contributed by atoms with Crippen LogP contribution in [-0.4, -0.2) is 30.5 Å². The Morgan fingerprint density at radius 3 is 2.77 bits per heavy atom. The smallest absolute Gasteiger partial charge is 0.325 e. The van der Waals surface area contributed by atoms with Gasteiger partial charge in [-0.15, -0.1) is 0 Å². The number of aromatic amines is 1. The summed E-state index contributed by atoms with van der Waals surface area (Å²) in [7, 11) is -4.09. The molecule has 0 aliphatic heterocycles. The summed E-state index contributed by atoms with van der Waals surface area (Å²) in [6.45, 7) is 0.658. The normalized spacial score (nSPS) is 12.1. The van der Waals surface area contributed by atoms with E-state index in [4.69, 9.17) is 21.8 Å². The van der Waals surface area contributed by atoms with E-state index in [9.17, 15) is 19.1 Å². The second-order valence-corrected chi connectivity index (χ2v) is 10.6. The molecule has 5 rings (SSSR count). The average Bonchev–Trinajstić information content (AvgIpc) is 3.32. The topological polar surface area (TPSA) is 151 Å². The first kappa shape index (κ1) is 23.3. The highest BCUT2D eigenvalue weighted by atomic mass is 35.5. The fourth-order valence-electron chi connectivity index (χ4n) is 4.12. The molecule has 180 valence electrons. The number of hydrogen-bond acceptors (Lipinski definition) is 5. The minimum atomic E-state index is -4.09. The Morgan fingerprint density at radius 1 is 1.17 bits per heavy atom. The number of imidazole rings is 1. The maximum Gasteiger partial charge on any atom is 0.325 e. The molecule has 12 heteroatoms. The Bertz CT molecular complexity index is 1670. The van der Waals surface area contributed by atoms with Crippen molar-refractivity contribution in [2.75, 3.05) is 11.9 Å². The Kier molecular flexibility index (Phi) is 5.98. The van der Waals surface area contributed by atoms with Crippen LogP contribution in [-0.2, 0) is 24.1 Å². The van der Waals surface area contributed by atoms with Crippen LogP contribution in [0.5, 0.6) is 0 Å². The molecule has 0 saturated heterocycles. The number of halogens is 1. The van der Waals surface area contributed by atoms with E-state index in [2.05, 4.69) is 9.97 Å². The molecule has 0 saturated carbocycles. The van der Waals surface area contributed by atoms with Crippen LogP contribution in [0.1, 0.15) is 16.9 Å². The summed E-state index contributed by atoms with van der Waals surface area (Å²) in [4.78, 5) is 38.0. The highest BCUT2D eigenvalue weighted by Gasteiger charge is 2.23. The molecule has 0 unspecified atom stereocenters. The zero-order valence-electron chi connectivity index (χ0n) is 18.4. The molecule has 0 aliphatic carbocycles. The lowest BCUT2D eigenvalue weighted by molar-refractivity contribution is -0.665. The lowest BCUT2D eigenvalue weighted by Gasteiger charge is -2.06. The second-order valence-electron chi connectivity index (χ2n) is 8.35. The fourth-order valence-corrected chi connectivity index (χ4v) is 4.85. The summed E-state index contributed by atoms with van der Waals surface area (Å²) in [5.41, 5.74) is 8.59. The quantitative estimate of drug-likeness (QED) is 0.192. The number of hydrogen-bond donors (Lipinski definition) is 4. The van der Waals surface area contributed by atoms with Crippen molar-refractivity contribution in [3.05, 3.63) is 87.1 Å². The zero-order chi connectivity index (χ0) is 24.7. The van der Waals surface area contributed by atoms with Crippen LogP contribution in [0.25, 0.3) is 22.1 Å². The number of nitrogens with zero attached hydrogens (tertiary/aromatic N) is 3. The first-order valence-corrected chi connectivity index (χ1v) is 12.9. The monoisotopic (exact) mass is 514 g/mol. The van der Waals surface area contributed by atoms with Crippen LogP contribution in [0.3, 0.4) is 0 Å². The van der Waals surface area contributed by atoms with E-state index >= 15 is 0 Å². The maximum atomic E-state index is 12.8. The van der Waals surface area contributed by atoms with Crippen molar-refractivity contribution in [1.82, 2.24) is 14.5 Å². The number of rotatable bonds is 7. The number of furan rings is 1. The highest BCUT2D eigenvalue weighted by molar-refractivity contribution is 7.51. The first-order chi connectivity index (χ1) is 16.6. The third-order valence-electron chi connectivity index (χ3n) is 5.62. The molecule has 0 aliphatic rings. The Labute approximate surface area is 203 Å². The fraction of sp³-hybridized carbons (Fsp3) is 0.174. The molecule has 0 spiro atoms. The number of fused-ring (bicyclic) bond motifs is 2. The Hall–Kier alpha value is -3.43. The van der Waals surface area contributed by atoms with Gasteiger partial charge in [0, 0.05) is 10.4 Å². The van der Waals surface area contributed by atoms with E-state index in [1.54, 1.807) is 23.0 Å². The van der Waals surface area contributed by atoms with Gasteiger partial charge in [0.05, 0.1) is 12.7 Å². The third-order valence-corrected chi connectivity index (χ3v) is 6.67. The molecule has 0 amide bonds. The van der Waals surface area contributed by atoms with Gasteiger partial charge in [0.25, 0.3) is 11.5 Å². The van der Waals surface area contributed by atoms with Crippen molar-refractivity contribution in [3.8, 4) is 0 Å². The number of aryl methyl sites for hydroxylation is 1. The summed E-state index contributed by atoms with van der Waals surface area (Å²) in [6.07, 6.45) is 1.80. The van der Waals surface area contributed by atoms with E-state index in [0.717, 1.165) is 16.5 Å². The molecule has 5 aromatic rings. The Balaban J connectivity index is 1.51. The summed E-state index contributed by atoms with van der Waals surface area (Å²) >= 11 is 6.08. The van der Waals surface area contributed by atoms with Crippen LogP contribution >= 0.6 is 19.2 Å². The zero-order valence-corrected chi connectivity index (χ0v) is 20.0. The van der Waals surface area contributed by atoms with Crippen LogP contribution in [0.2, 0.25) is 5.02 Å². The van der Waals surface area contributed by atoms with Gasteiger partial charge in [0.2, 0.25) is 5.52 Å². The molecular formula is C23H22ClN5O5P+. The minimum absolute atomic E-state index is 0.00257. The summed E-state index contributed by atoms with van der Waals surface area (Å²) in [6, 6.07) is 14.7. The number of nitrogens with two attached hydrogens (primary N) is 1. The molecule has 2 aromatic carbocycles. The summed E-state index contributed by atoms with van der Waals surface area (Å²) < 4.78 is 20.7. The first-order valence-electron chi connectivity index (χ1n) is 10.7. The molecule has 3 aromatic heterocycles. The number of H-pyrrole nitrogens is 1. The highest BCUT2D eigenvalue weighted by Crippen LogP contribution is 2.34.